The minimum Gasteiger partial charge on any atom is -0.331 e. The van der Waals surface area contributed by atoms with Crippen molar-refractivity contribution in [3.8, 4) is 0 Å². The Kier molecular flexibility index (Phi) is 4.90. The average Bonchev–Trinajstić information content (AvgIpc) is 2.29. The maximum absolute atomic E-state index is 11.4. The van der Waals surface area contributed by atoms with Crippen LogP contribution in [0, 0.1) is 0 Å². The molecule has 0 saturated carbocycles. The smallest absolute Gasteiger partial charge is 0.321 e. The van der Waals surface area contributed by atoms with Crippen LogP contribution < -0.4 is 10.6 Å². The van der Waals surface area contributed by atoms with E-state index in [0.717, 1.165) is 5.56 Å². The van der Waals surface area contributed by atoms with Crippen LogP contribution in [0.15, 0.2) is 24.5 Å². The van der Waals surface area contributed by atoms with Gasteiger partial charge in [0.15, 0.2) is 0 Å². The topological polar surface area (TPSA) is 71.1 Å². The summed E-state index contributed by atoms with van der Waals surface area (Å²) < 4.78 is 0. The third kappa shape index (κ3) is 4.40. The molecule has 0 aliphatic carbocycles. The Morgan fingerprint density at radius 3 is 2.41 bits per heavy atom. The highest BCUT2D eigenvalue weighted by molar-refractivity contribution is 6.31. The molecule has 1 aromatic heterocycles. The Hall–Kier alpha value is -1.62. The maximum atomic E-state index is 11.4. The van der Waals surface area contributed by atoms with Crippen LogP contribution in [0.25, 0.3) is 0 Å². The van der Waals surface area contributed by atoms with E-state index in [9.17, 15) is 9.59 Å². The second kappa shape index (κ2) is 6.20. The molecule has 0 spiro atoms. The van der Waals surface area contributed by atoms with Gasteiger partial charge >= 0.3 is 6.03 Å². The highest BCUT2D eigenvalue weighted by Gasteiger charge is 2.14. The fourth-order valence-corrected chi connectivity index (χ4v) is 1.23. The number of aromatic nitrogens is 1. The Labute approximate surface area is 105 Å². The summed E-state index contributed by atoms with van der Waals surface area (Å²) in [6.07, 6.45) is 3.27. The van der Waals surface area contributed by atoms with Crippen LogP contribution in [0.2, 0.25) is 0 Å². The first-order valence-electron chi connectivity index (χ1n) is 5.16. The molecule has 3 amide bonds. The summed E-state index contributed by atoms with van der Waals surface area (Å²) in [4.78, 5) is 26.5. The molecule has 6 heteroatoms. The predicted molar refractivity (Wildman–Crippen MR) is 64.6 cm³/mol. The first-order chi connectivity index (χ1) is 8.00. The molecular weight excluding hydrogens is 242 g/mol. The molecule has 2 unspecified atom stereocenters. The Bertz CT molecular complexity index is 395. The van der Waals surface area contributed by atoms with Gasteiger partial charge in [-0.05, 0) is 31.5 Å². The molecule has 0 radical (unpaired) electrons. The average molecular weight is 256 g/mol. The lowest BCUT2D eigenvalue weighted by Crippen LogP contribution is -2.43. The predicted octanol–water partition coefficient (Wildman–Crippen LogP) is 1.60. The van der Waals surface area contributed by atoms with Crippen LogP contribution in [0.5, 0.6) is 0 Å². The zero-order valence-corrected chi connectivity index (χ0v) is 10.4. The van der Waals surface area contributed by atoms with Gasteiger partial charge in [0.2, 0.25) is 5.91 Å². The molecule has 1 rings (SSSR count). The first-order valence-corrected chi connectivity index (χ1v) is 5.59. The number of carbonyl (C=O) groups excluding carboxylic acids is 2. The van der Waals surface area contributed by atoms with E-state index < -0.39 is 17.3 Å². The van der Waals surface area contributed by atoms with Gasteiger partial charge in [0, 0.05) is 12.4 Å². The summed E-state index contributed by atoms with van der Waals surface area (Å²) in [6.45, 7) is 3.31. The Morgan fingerprint density at radius 1 is 1.29 bits per heavy atom. The maximum Gasteiger partial charge on any atom is 0.321 e. The molecule has 0 aliphatic rings. The van der Waals surface area contributed by atoms with Crippen molar-refractivity contribution in [2.75, 3.05) is 0 Å². The largest absolute Gasteiger partial charge is 0.331 e. The second-order valence-electron chi connectivity index (χ2n) is 3.58. The molecule has 92 valence electrons. The number of amides is 3. The molecule has 0 fully saturated rings. The number of urea groups is 1. The van der Waals surface area contributed by atoms with E-state index >= 15 is 0 Å². The highest BCUT2D eigenvalue weighted by Crippen LogP contribution is 2.09. The van der Waals surface area contributed by atoms with Gasteiger partial charge in [-0.3, -0.25) is 15.1 Å². The standard InChI is InChI=1S/C11H14ClN3O2/c1-7(12)10(16)15-11(17)14-8(2)9-3-5-13-6-4-9/h3-8H,1-2H3,(H2,14,15,16,17). The third-order valence-electron chi connectivity index (χ3n) is 2.15. The summed E-state index contributed by atoms with van der Waals surface area (Å²) in [6, 6.07) is 2.80. The molecule has 2 atom stereocenters. The Morgan fingerprint density at radius 2 is 1.88 bits per heavy atom. The zero-order valence-electron chi connectivity index (χ0n) is 9.61. The van der Waals surface area contributed by atoms with Crippen molar-refractivity contribution in [1.29, 1.82) is 0 Å². The number of hydrogen-bond acceptors (Lipinski definition) is 3. The van der Waals surface area contributed by atoms with Gasteiger partial charge in [0.25, 0.3) is 0 Å². The molecule has 1 aromatic rings. The number of halogens is 1. The van der Waals surface area contributed by atoms with Gasteiger partial charge in [0.05, 0.1) is 6.04 Å². The number of carbonyl (C=O) groups is 2. The van der Waals surface area contributed by atoms with E-state index in [4.69, 9.17) is 11.6 Å². The quantitative estimate of drug-likeness (QED) is 0.806. The summed E-state index contributed by atoms with van der Waals surface area (Å²) in [5, 5.41) is 4.03. The van der Waals surface area contributed by atoms with E-state index in [1.165, 1.54) is 6.92 Å². The van der Waals surface area contributed by atoms with Crippen molar-refractivity contribution < 1.29 is 9.59 Å². The molecule has 0 aromatic carbocycles. The van der Waals surface area contributed by atoms with Crippen molar-refractivity contribution in [2.24, 2.45) is 0 Å². The minimum atomic E-state index is -0.739. The fourth-order valence-electron chi connectivity index (χ4n) is 1.18. The summed E-state index contributed by atoms with van der Waals surface area (Å²) >= 11 is 5.53. The summed E-state index contributed by atoms with van der Waals surface area (Å²) in [5.74, 6) is -0.522. The van der Waals surface area contributed by atoms with E-state index in [1.807, 2.05) is 6.92 Å². The number of imide groups is 1. The van der Waals surface area contributed by atoms with Gasteiger partial charge in [-0.1, -0.05) is 0 Å². The van der Waals surface area contributed by atoms with E-state index in [0.29, 0.717) is 0 Å². The summed E-state index contributed by atoms with van der Waals surface area (Å²) in [5.41, 5.74) is 0.904. The molecule has 1 heterocycles. The number of nitrogens with one attached hydrogen (secondary N) is 2. The lowest BCUT2D eigenvalue weighted by molar-refractivity contribution is -0.119. The van der Waals surface area contributed by atoms with Gasteiger partial charge < -0.3 is 5.32 Å². The van der Waals surface area contributed by atoms with Crippen LogP contribution in [0.1, 0.15) is 25.5 Å². The van der Waals surface area contributed by atoms with Gasteiger partial charge in [0.1, 0.15) is 5.38 Å². The molecule has 2 N–H and O–H groups in total. The van der Waals surface area contributed by atoms with E-state index in [2.05, 4.69) is 15.6 Å². The van der Waals surface area contributed by atoms with Crippen LogP contribution in [0.4, 0.5) is 4.79 Å². The first kappa shape index (κ1) is 13.4. The number of pyridine rings is 1. The highest BCUT2D eigenvalue weighted by atomic mass is 35.5. The van der Waals surface area contributed by atoms with Gasteiger partial charge in [-0.25, -0.2) is 4.79 Å². The number of alkyl halides is 1. The van der Waals surface area contributed by atoms with Crippen LogP contribution in [-0.4, -0.2) is 22.3 Å². The van der Waals surface area contributed by atoms with Gasteiger partial charge in [-0.2, -0.15) is 0 Å². The second-order valence-corrected chi connectivity index (χ2v) is 4.24. The van der Waals surface area contributed by atoms with E-state index in [-0.39, 0.29) is 6.04 Å². The molecule has 0 saturated heterocycles. The van der Waals surface area contributed by atoms with Crippen LogP contribution in [-0.2, 0) is 4.79 Å². The minimum absolute atomic E-state index is 0.212. The third-order valence-corrected chi connectivity index (χ3v) is 2.35. The van der Waals surface area contributed by atoms with Crippen molar-refractivity contribution in [3.05, 3.63) is 30.1 Å². The van der Waals surface area contributed by atoms with Crippen molar-refractivity contribution >= 4 is 23.5 Å². The number of nitrogens with zero attached hydrogens (tertiary/aromatic N) is 1. The molecule has 17 heavy (non-hydrogen) atoms. The van der Waals surface area contributed by atoms with Crippen LogP contribution >= 0.6 is 11.6 Å². The lowest BCUT2D eigenvalue weighted by Gasteiger charge is -2.14. The number of hydrogen-bond donors (Lipinski definition) is 2. The zero-order chi connectivity index (χ0) is 12.8. The lowest BCUT2D eigenvalue weighted by atomic mass is 10.1. The fraction of sp³-hybridized carbons (Fsp3) is 0.364. The Balaban J connectivity index is 2.50. The monoisotopic (exact) mass is 255 g/mol. The van der Waals surface area contributed by atoms with Gasteiger partial charge in [-0.15, -0.1) is 11.6 Å². The number of rotatable bonds is 3. The van der Waals surface area contributed by atoms with Crippen molar-refractivity contribution in [1.82, 2.24) is 15.6 Å². The van der Waals surface area contributed by atoms with Crippen molar-refractivity contribution in [2.45, 2.75) is 25.3 Å². The van der Waals surface area contributed by atoms with E-state index in [1.54, 1.807) is 24.5 Å². The molecule has 0 bridgehead atoms. The SMILES string of the molecule is CC(Cl)C(=O)NC(=O)NC(C)c1ccncc1. The molecule has 0 aliphatic heterocycles. The van der Waals surface area contributed by atoms with Crippen LogP contribution in [0.3, 0.4) is 0 Å². The normalized spacial score (nSPS) is 13.6. The summed E-state index contributed by atoms with van der Waals surface area (Å²) in [7, 11) is 0. The molecule has 5 nitrogen and oxygen atoms in total. The molecular formula is C11H14ClN3O2. The van der Waals surface area contributed by atoms with Crippen molar-refractivity contribution in [3.63, 3.8) is 0 Å².